The molecule has 0 radical (unpaired) electrons. The quantitative estimate of drug-likeness (QED) is 0.285. The van der Waals surface area contributed by atoms with Crippen LogP contribution >= 0.6 is 24.0 Å². The Hall–Kier alpha value is -2.18. The van der Waals surface area contributed by atoms with E-state index in [1.165, 1.54) is 0 Å². The highest BCUT2D eigenvalue weighted by molar-refractivity contribution is 14.0. The van der Waals surface area contributed by atoms with Crippen molar-refractivity contribution in [3.63, 3.8) is 0 Å². The number of alkyl halides is 2. The first-order valence-electron chi connectivity index (χ1n) is 10.3. The van der Waals surface area contributed by atoms with Crippen LogP contribution in [0.1, 0.15) is 26.1 Å². The molecule has 0 bridgehead atoms. The minimum Gasteiger partial charge on any atom is -0.433 e. The summed E-state index contributed by atoms with van der Waals surface area (Å²) in [6.45, 7) is 4.72. The third-order valence-corrected chi connectivity index (χ3v) is 4.92. The summed E-state index contributed by atoms with van der Waals surface area (Å²) in [5.41, 5.74) is 0.684. The molecule has 1 aliphatic heterocycles. The van der Waals surface area contributed by atoms with Gasteiger partial charge in [0, 0.05) is 38.6 Å². The second-order valence-corrected chi connectivity index (χ2v) is 6.98. The van der Waals surface area contributed by atoms with Gasteiger partial charge in [-0.1, -0.05) is 19.1 Å². The van der Waals surface area contributed by atoms with Gasteiger partial charge in [-0.05, 0) is 25.5 Å². The molecule has 1 saturated heterocycles. The summed E-state index contributed by atoms with van der Waals surface area (Å²) in [5, 5.41) is 14.7. The molecule has 3 rings (SSSR count). The zero-order valence-corrected chi connectivity index (χ0v) is 20.1. The van der Waals surface area contributed by atoms with Crippen molar-refractivity contribution < 1.29 is 13.5 Å². The van der Waals surface area contributed by atoms with Crippen molar-refractivity contribution in [1.29, 1.82) is 0 Å². The smallest absolute Gasteiger partial charge is 0.387 e. The highest BCUT2D eigenvalue weighted by Crippen LogP contribution is 2.31. The van der Waals surface area contributed by atoms with Crippen LogP contribution in [0.25, 0.3) is 0 Å². The van der Waals surface area contributed by atoms with Crippen molar-refractivity contribution in [2.75, 3.05) is 31.1 Å². The molecule has 0 amide bonds. The van der Waals surface area contributed by atoms with E-state index in [-0.39, 0.29) is 35.8 Å². The summed E-state index contributed by atoms with van der Waals surface area (Å²) in [5.74, 6) is 1.89. The Kier molecular flexibility index (Phi) is 10.2. The van der Waals surface area contributed by atoms with Gasteiger partial charge in [0.25, 0.3) is 0 Å². The Balaban J connectivity index is 0.00000341. The fourth-order valence-corrected chi connectivity index (χ4v) is 3.53. The number of anilines is 1. The number of benzene rings is 1. The van der Waals surface area contributed by atoms with Gasteiger partial charge in [0.05, 0.1) is 12.2 Å². The molecule has 8 nitrogen and oxygen atoms in total. The van der Waals surface area contributed by atoms with Gasteiger partial charge in [0.2, 0.25) is 0 Å². The number of halogens is 3. The number of ether oxygens (including phenoxy) is 1. The number of rotatable bonds is 9. The van der Waals surface area contributed by atoms with Gasteiger partial charge in [-0.25, -0.2) is 0 Å². The topological polar surface area (TPSA) is 79.6 Å². The van der Waals surface area contributed by atoms with Crippen molar-refractivity contribution in [2.24, 2.45) is 4.99 Å². The Labute approximate surface area is 198 Å². The number of aromatic nitrogens is 3. The fraction of sp³-hybridized carbons (Fsp3) is 0.550. The summed E-state index contributed by atoms with van der Waals surface area (Å²) < 4.78 is 32.1. The van der Waals surface area contributed by atoms with Crippen molar-refractivity contribution in [3.05, 3.63) is 36.4 Å². The van der Waals surface area contributed by atoms with E-state index in [0.29, 0.717) is 25.3 Å². The van der Waals surface area contributed by atoms with E-state index in [0.717, 1.165) is 37.7 Å². The molecule has 1 fully saturated rings. The number of guanidine groups is 1. The highest BCUT2D eigenvalue weighted by atomic mass is 127. The normalized spacial score (nSPS) is 16.4. The van der Waals surface area contributed by atoms with E-state index in [1.807, 2.05) is 30.5 Å². The fourth-order valence-electron chi connectivity index (χ4n) is 3.53. The van der Waals surface area contributed by atoms with E-state index < -0.39 is 6.61 Å². The zero-order valence-electron chi connectivity index (χ0n) is 17.8. The van der Waals surface area contributed by atoms with Crippen LogP contribution in [-0.2, 0) is 13.0 Å². The molecular formula is C20H30F2IN7O. The van der Waals surface area contributed by atoms with Crippen LogP contribution in [0.15, 0.2) is 35.6 Å². The highest BCUT2D eigenvalue weighted by Gasteiger charge is 2.26. The van der Waals surface area contributed by atoms with Crippen LogP contribution in [0.4, 0.5) is 14.5 Å². The molecule has 1 aliphatic rings. The second-order valence-electron chi connectivity index (χ2n) is 6.98. The van der Waals surface area contributed by atoms with Gasteiger partial charge in [-0.3, -0.25) is 4.99 Å². The summed E-state index contributed by atoms with van der Waals surface area (Å²) in [7, 11) is 0. The summed E-state index contributed by atoms with van der Waals surface area (Å²) >= 11 is 0. The van der Waals surface area contributed by atoms with Gasteiger partial charge in [-0.15, -0.1) is 34.2 Å². The van der Waals surface area contributed by atoms with Crippen LogP contribution in [0, 0.1) is 0 Å². The molecule has 1 aromatic heterocycles. The van der Waals surface area contributed by atoms with E-state index in [4.69, 9.17) is 0 Å². The molecule has 2 heterocycles. The number of para-hydroxylation sites is 2. The lowest BCUT2D eigenvalue weighted by Crippen LogP contribution is -2.44. The van der Waals surface area contributed by atoms with Gasteiger partial charge < -0.3 is 24.8 Å². The molecule has 2 N–H and O–H groups in total. The van der Waals surface area contributed by atoms with E-state index in [1.54, 1.807) is 18.5 Å². The predicted octanol–water partition coefficient (Wildman–Crippen LogP) is 2.89. The molecular weight excluding hydrogens is 519 g/mol. The monoisotopic (exact) mass is 549 g/mol. The van der Waals surface area contributed by atoms with Crippen molar-refractivity contribution in [1.82, 2.24) is 25.4 Å². The average molecular weight is 549 g/mol. The number of aliphatic imine (C=N–C) groups is 1. The van der Waals surface area contributed by atoms with Gasteiger partial charge >= 0.3 is 6.61 Å². The van der Waals surface area contributed by atoms with Gasteiger partial charge in [0.1, 0.15) is 17.9 Å². The summed E-state index contributed by atoms with van der Waals surface area (Å²) in [4.78, 5) is 6.72. The minimum atomic E-state index is -2.84. The maximum atomic E-state index is 12.7. The molecule has 2 aromatic rings. The first kappa shape index (κ1) is 25.1. The van der Waals surface area contributed by atoms with Crippen molar-refractivity contribution in [2.45, 2.75) is 45.9 Å². The number of hydrogen-bond donors (Lipinski definition) is 2. The van der Waals surface area contributed by atoms with Crippen LogP contribution < -0.4 is 20.3 Å². The molecule has 1 unspecified atom stereocenters. The Morgan fingerprint density at radius 1 is 1.32 bits per heavy atom. The molecule has 1 atom stereocenters. The third-order valence-electron chi connectivity index (χ3n) is 4.92. The standard InChI is InChI=1S/C20H29F2N7O.HI/c1-3-18-27-25-14-29(18)12-10-24-20(23-4-2)26-15-9-11-28(13-15)16-7-5-6-8-17(16)30-19(21)22;/h5-8,14-15,19H,3-4,9-13H2,1-2H3,(H2,23,24,26);1H. The lowest BCUT2D eigenvalue weighted by atomic mass is 10.2. The zero-order chi connectivity index (χ0) is 21.3. The van der Waals surface area contributed by atoms with Crippen LogP contribution in [-0.4, -0.2) is 59.6 Å². The summed E-state index contributed by atoms with van der Waals surface area (Å²) in [6.07, 6.45) is 3.43. The largest absolute Gasteiger partial charge is 0.433 e. The lowest BCUT2D eigenvalue weighted by molar-refractivity contribution is -0.0495. The van der Waals surface area contributed by atoms with Crippen molar-refractivity contribution in [3.8, 4) is 5.75 Å². The number of nitrogens with one attached hydrogen (secondary N) is 2. The van der Waals surface area contributed by atoms with Crippen LogP contribution in [0.2, 0.25) is 0 Å². The molecule has 0 saturated carbocycles. The maximum Gasteiger partial charge on any atom is 0.387 e. The van der Waals surface area contributed by atoms with Crippen molar-refractivity contribution >= 4 is 35.6 Å². The van der Waals surface area contributed by atoms with E-state index >= 15 is 0 Å². The minimum absolute atomic E-state index is 0. The van der Waals surface area contributed by atoms with E-state index in [2.05, 4.69) is 35.5 Å². The molecule has 1 aromatic carbocycles. The average Bonchev–Trinajstić information content (AvgIpc) is 3.37. The van der Waals surface area contributed by atoms with Gasteiger partial charge in [0.15, 0.2) is 5.96 Å². The van der Waals surface area contributed by atoms with Crippen LogP contribution in [0.5, 0.6) is 5.75 Å². The number of hydrogen-bond acceptors (Lipinski definition) is 5. The number of nitrogens with zero attached hydrogens (tertiary/aromatic N) is 5. The van der Waals surface area contributed by atoms with Gasteiger partial charge in [-0.2, -0.15) is 8.78 Å². The molecule has 11 heteroatoms. The lowest BCUT2D eigenvalue weighted by Gasteiger charge is -2.22. The molecule has 172 valence electrons. The number of aryl methyl sites for hydroxylation is 1. The SMILES string of the molecule is CCNC(=NCCn1cnnc1CC)NC1CCN(c2ccccc2OC(F)F)C1.I. The third kappa shape index (κ3) is 7.18. The Morgan fingerprint density at radius 2 is 2.13 bits per heavy atom. The Bertz CT molecular complexity index is 833. The predicted molar refractivity (Wildman–Crippen MR) is 128 cm³/mol. The second kappa shape index (κ2) is 12.6. The van der Waals surface area contributed by atoms with Crippen LogP contribution in [0.3, 0.4) is 0 Å². The van der Waals surface area contributed by atoms with E-state index in [9.17, 15) is 8.78 Å². The first-order valence-corrected chi connectivity index (χ1v) is 10.3. The molecule has 0 spiro atoms. The molecule has 31 heavy (non-hydrogen) atoms. The summed E-state index contributed by atoms with van der Waals surface area (Å²) in [6, 6.07) is 7.06. The Morgan fingerprint density at radius 3 is 2.87 bits per heavy atom. The first-order chi connectivity index (χ1) is 14.6. The maximum absolute atomic E-state index is 12.7. The molecule has 0 aliphatic carbocycles.